The van der Waals surface area contributed by atoms with Crippen LogP contribution in [0.1, 0.15) is 68.3 Å². The van der Waals surface area contributed by atoms with Crippen LogP contribution in [0.5, 0.6) is 0 Å². The largest absolute Gasteiger partial charge is 0.364 e. The summed E-state index contributed by atoms with van der Waals surface area (Å²) in [7, 11) is 0. The maximum absolute atomic E-state index is 11.5. The third kappa shape index (κ3) is 2.52. The first-order valence-electron chi connectivity index (χ1n) is 10.9. The minimum atomic E-state index is -0.576. The monoisotopic (exact) mass is 387 g/mol. The van der Waals surface area contributed by atoms with Crippen LogP contribution in [0.4, 0.5) is 0 Å². The van der Waals surface area contributed by atoms with E-state index in [0.29, 0.717) is 23.4 Å². The molecule has 2 heterocycles. The summed E-state index contributed by atoms with van der Waals surface area (Å²) in [5, 5.41) is 0. The van der Waals surface area contributed by atoms with Gasteiger partial charge in [-0.1, -0.05) is 0 Å². The van der Waals surface area contributed by atoms with Crippen molar-refractivity contribution in [3.05, 3.63) is 18.2 Å². The molecule has 7 nitrogen and oxygen atoms in total. The Balaban J connectivity index is 1.13. The van der Waals surface area contributed by atoms with E-state index in [9.17, 15) is 4.79 Å². The molecule has 2 N–H and O–H groups in total. The van der Waals surface area contributed by atoms with Crippen molar-refractivity contribution in [2.24, 2.45) is 35.3 Å². The van der Waals surface area contributed by atoms with Crippen LogP contribution in [0.25, 0.3) is 0 Å². The van der Waals surface area contributed by atoms with Gasteiger partial charge in [0, 0.05) is 31.2 Å². The van der Waals surface area contributed by atoms with E-state index in [2.05, 4.69) is 4.98 Å². The van der Waals surface area contributed by atoms with Crippen LogP contribution in [-0.2, 0) is 21.1 Å². The van der Waals surface area contributed by atoms with Crippen molar-refractivity contribution < 1.29 is 19.3 Å². The summed E-state index contributed by atoms with van der Waals surface area (Å²) in [4.78, 5) is 27.7. The fourth-order valence-corrected chi connectivity index (χ4v) is 7.04. The highest BCUT2D eigenvalue weighted by molar-refractivity contribution is 5.90. The molecule has 152 valence electrons. The van der Waals surface area contributed by atoms with Gasteiger partial charge in [-0.3, -0.25) is 4.79 Å². The Hall–Kier alpha value is -1.44. The summed E-state index contributed by atoms with van der Waals surface area (Å²) in [6, 6.07) is 0. The first kappa shape index (κ1) is 17.4. The SMILES string of the molecule is NC(=O)c1cncn1CC1CCC2(CC1)OOC1(O2)C2CC3CC(C2)CC1C3. The van der Waals surface area contributed by atoms with Crippen LogP contribution in [0.3, 0.4) is 0 Å². The number of carbonyl (C=O) groups excluding carboxylic acids is 1. The molecule has 1 saturated heterocycles. The smallest absolute Gasteiger partial charge is 0.266 e. The second-order valence-corrected chi connectivity index (χ2v) is 9.94. The topological polar surface area (TPSA) is 88.6 Å². The van der Waals surface area contributed by atoms with E-state index in [0.717, 1.165) is 44.1 Å². The molecule has 0 radical (unpaired) electrons. The molecule has 7 rings (SSSR count). The Morgan fingerprint density at radius 3 is 2.43 bits per heavy atom. The van der Waals surface area contributed by atoms with E-state index in [1.54, 1.807) is 12.5 Å². The third-order valence-corrected chi connectivity index (χ3v) is 8.23. The number of amides is 1. The maximum atomic E-state index is 11.5. The molecular weight excluding hydrogens is 358 g/mol. The lowest BCUT2D eigenvalue weighted by atomic mass is 9.53. The highest BCUT2D eigenvalue weighted by Gasteiger charge is 2.66. The van der Waals surface area contributed by atoms with Crippen molar-refractivity contribution in [3.63, 3.8) is 0 Å². The number of rotatable bonds is 3. The van der Waals surface area contributed by atoms with E-state index in [1.165, 1.54) is 32.1 Å². The zero-order valence-electron chi connectivity index (χ0n) is 16.2. The van der Waals surface area contributed by atoms with Gasteiger partial charge in [0.15, 0.2) is 0 Å². The Labute approximate surface area is 164 Å². The number of imidazole rings is 1. The zero-order chi connectivity index (χ0) is 18.9. The fraction of sp³-hybridized carbons (Fsp3) is 0.810. The average molecular weight is 387 g/mol. The number of nitrogens with zero attached hydrogens (tertiary/aromatic N) is 2. The van der Waals surface area contributed by atoms with Crippen LogP contribution in [-0.4, -0.2) is 27.0 Å². The molecule has 1 aliphatic heterocycles. The molecule has 1 aromatic rings. The molecule has 4 bridgehead atoms. The summed E-state index contributed by atoms with van der Waals surface area (Å²) in [5.41, 5.74) is 5.92. The quantitative estimate of drug-likeness (QED) is 0.806. The molecule has 0 atom stereocenters. The van der Waals surface area contributed by atoms with Gasteiger partial charge in [-0.2, -0.15) is 9.78 Å². The van der Waals surface area contributed by atoms with Gasteiger partial charge >= 0.3 is 0 Å². The number of hydrogen-bond acceptors (Lipinski definition) is 5. The van der Waals surface area contributed by atoms with E-state index >= 15 is 0 Å². The minimum absolute atomic E-state index is 0.426. The Morgan fingerprint density at radius 1 is 1.11 bits per heavy atom. The van der Waals surface area contributed by atoms with Crippen molar-refractivity contribution in [2.75, 3.05) is 0 Å². The van der Waals surface area contributed by atoms with E-state index < -0.39 is 17.5 Å². The number of ether oxygens (including phenoxy) is 1. The van der Waals surface area contributed by atoms with Gasteiger partial charge in [0.1, 0.15) is 5.69 Å². The first-order chi connectivity index (χ1) is 13.6. The summed E-state index contributed by atoms with van der Waals surface area (Å²) in [6.07, 6.45) is 13.3. The van der Waals surface area contributed by atoms with Crippen LogP contribution in [0.2, 0.25) is 0 Å². The average Bonchev–Trinajstić information content (AvgIpc) is 3.28. The molecule has 1 aromatic heterocycles. The summed E-state index contributed by atoms with van der Waals surface area (Å²) in [5.74, 6) is 1.74. The molecule has 2 spiro atoms. The number of nitrogens with two attached hydrogens (primary N) is 1. The summed E-state index contributed by atoms with van der Waals surface area (Å²) in [6.45, 7) is 0.759. The molecule has 6 fully saturated rings. The lowest BCUT2D eigenvalue weighted by Gasteiger charge is -2.57. The second-order valence-electron chi connectivity index (χ2n) is 9.94. The van der Waals surface area contributed by atoms with Crippen LogP contribution >= 0.6 is 0 Å². The van der Waals surface area contributed by atoms with Gasteiger partial charge in [-0.05, 0) is 62.7 Å². The van der Waals surface area contributed by atoms with Gasteiger partial charge in [0.05, 0.1) is 12.5 Å². The summed E-state index contributed by atoms with van der Waals surface area (Å²) >= 11 is 0. The third-order valence-electron chi connectivity index (χ3n) is 8.23. The van der Waals surface area contributed by atoms with Gasteiger partial charge < -0.3 is 15.0 Å². The minimum Gasteiger partial charge on any atom is -0.364 e. The van der Waals surface area contributed by atoms with Crippen molar-refractivity contribution in [1.29, 1.82) is 0 Å². The standard InChI is InChI=1S/C21H29N3O4/c22-19(25)18-10-23-12-24(18)11-13-1-3-20(4-2-13)26-21(28-27-20)16-6-14-5-15(8-16)9-17(21)7-14/h10,12-17H,1-9,11H2,(H2,22,25). The number of aromatic nitrogens is 2. The van der Waals surface area contributed by atoms with Crippen LogP contribution < -0.4 is 5.73 Å². The predicted molar refractivity (Wildman–Crippen MR) is 98.5 cm³/mol. The number of primary amides is 1. The highest BCUT2D eigenvalue weighted by atomic mass is 17.3. The zero-order valence-corrected chi connectivity index (χ0v) is 16.2. The van der Waals surface area contributed by atoms with Crippen molar-refractivity contribution in [3.8, 4) is 0 Å². The van der Waals surface area contributed by atoms with Crippen molar-refractivity contribution in [1.82, 2.24) is 9.55 Å². The van der Waals surface area contributed by atoms with Crippen LogP contribution in [0.15, 0.2) is 12.5 Å². The second kappa shape index (κ2) is 6.03. The van der Waals surface area contributed by atoms with E-state index in [-0.39, 0.29) is 0 Å². The molecule has 28 heavy (non-hydrogen) atoms. The Bertz CT molecular complexity index is 754. The van der Waals surface area contributed by atoms with Gasteiger partial charge in [0.2, 0.25) is 11.6 Å². The van der Waals surface area contributed by atoms with Crippen molar-refractivity contribution >= 4 is 5.91 Å². The molecule has 5 aliphatic carbocycles. The lowest BCUT2D eigenvalue weighted by molar-refractivity contribution is -0.390. The molecular formula is C21H29N3O4. The van der Waals surface area contributed by atoms with Crippen LogP contribution in [0, 0.1) is 29.6 Å². The molecule has 5 saturated carbocycles. The fourth-order valence-electron chi connectivity index (χ4n) is 7.04. The number of carbonyl (C=O) groups is 1. The first-order valence-corrected chi connectivity index (χ1v) is 10.9. The predicted octanol–water partition coefficient (Wildman–Crippen LogP) is 3.00. The number of hydrogen-bond donors (Lipinski definition) is 1. The maximum Gasteiger partial charge on any atom is 0.266 e. The molecule has 6 aliphatic rings. The van der Waals surface area contributed by atoms with E-state index in [1.807, 2.05) is 4.57 Å². The van der Waals surface area contributed by atoms with Crippen molar-refractivity contribution in [2.45, 2.75) is 75.9 Å². The Kier molecular flexibility index (Phi) is 3.75. The molecule has 0 aromatic carbocycles. The van der Waals surface area contributed by atoms with E-state index in [4.69, 9.17) is 20.2 Å². The normalized spacial score (nSPS) is 46.6. The molecule has 1 amide bonds. The highest BCUT2D eigenvalue weighted by Crippen LogP contribution is 2.63. The van der Waals surface area contributed by atoms with Gasteiger partial charge in [0.25, 0.3) is 5.91 Å². The molecule has 7 heteroatoms. The van der Waals surface area contributed by atoms with Gasteiger partial charge in [-0.15, -0.1) is 0 Å². The molecule has 0 unspecified atom stereocenters. The van der Waals surface area contributed by atoms with Gasteiger partial charge in [-0.25, -0.2) is 4.98 Å². The lowest BCUT2D eigenvalue weighted by Crippen LogP contribution is -2.59. The summed E-state index contributed by atoms with van der Waals surface area (Å²) < 4.78 is 8.63. The Morgan fingerprint density at radius 2 is 1.79 bits per heavy atom.